The zero-order valence-electron chi connectivity index (χ0n) is 9.22. The molecule has 1 atom stereocenters. The van der Waals surface area contributed by atoms with Crippen molar-refractivity contribution in [2.75, 3.05) is 20.3 Å². The number of carboxylic acids is 1. The van der Waals surface area contributed by atoms with Crippen LogP contribution < -0.4 is 4.74 Å². The van der Waals surface area contributed by atoms with Crippen LogP contribution in [-0.2, 0) is 4.74 Å². The number of hydrogen-bond donors (Lipinski definition) is 2. The molecule has 5 nitrogen and oxygen atoms in total. The zero-order chi connectivity index (χ0) is 12.8. The molecule has 94 valence electrons. The predicted octanol–water partition coefficient (Wildman–Crippen LogP) is 1.42. The molecule has 17 heavy (non-hydrogen) atoms. The van der Waals surface area contributed by atoms with E-state index in [1.54, 1.807) is 0 Å². The number of halogens is 1. The second-order valence-electron chi connectivity index (χ2n) is 3.37. The molecule has 0 spiro atoms. The molecule has 0 heterocycles. The molecule has 0 aromatic heterocycles. The zero-order valence-corrected chi connectivity index (χ0v) is 9.98. The normalized spacial score (nSPS) is 12.2. The van der Waals surface area contributed by atoms with Gasteiger partial charge in [0.1, 0.15) is 24.0 Å². The average Bonchev–Trinajstić information content (AvgIpc) is 2.26. The Morgan fingerprint density at radius 1 is 1.47 bits per heavy atom. The molecular formula is C11H13ClO5. The van der Waals surface area contributed by atoms with Crippen LogP contribution in [0.25, 0.3) is 0 Å². The van der Waals surface area contributed by atoms with Crippen LogP contribution in [0.2, 0.25) is 5.02 Å². The van der Waals surface area contributed by atoms with Crippen molar-refractivity contribution in [2.45, 2.75) is 6.10 Å². The van der Waals surface area contributed by atoms with Gasteiger partial charge in [0.15, 0.2) is 0 Å². The van der Waals surface area contributed by atoms with Crippen molar-refractivity contribution in [3.8, 4) is 5.75 Å². The Bertz CT molecular complexity index is 393. The molecule has 1 aromatic rings. The number of aliphatic hydroxyl groups is 1. The summed E-state index contributed by atoms with van der Waals surface area (Å²) in [6, 6.07) is 4.21. The Balaban J connectivity index is 2.75. The van der Waals surface area contributed by atoms with E-state index in [9.17, 15) is 9.90 Å². The van der Waals surface area contributed by atoms with Gasteiger partial charge in [0.2, 0.25) is 0 Å². The highest BCUT2D eigenvalue weighted by atomic mass is 35.5. The first kappa shape index (κ1) is 13.8. The summed E-state index contributed by atoms with van der Waals surface area (Å²) in [5.41, 5.74) is -0.000910. The maximum absolute atomic E-state index is 10.9. The molecule has 1 rings (SSSR count). The van der Waals surface area contributed by atoms with Gasteiger partial charge >= 0.3 is 5.97 Å². The van der Waals surface area contributed by atoms with Crippen LogP contribution in [0.5, 0.6) is 5.75 Å². The van der Waals surface area contributed by atoms with Crippen LogP contribution in [0.4, 0.5) is 0 Å². The van der Waals surface area contributed by atoms with E-state index < -0.39 is 12.1 Å². The van der Waals surface area contributed by atoms with Crippen molar-refractivity contribution in [1.82, 2.24) is 0 Å². The molecule has 0 saturated heterocycles. The maximum atomic E-state index is 10.9. The first-order valence-electron chi connectivity index (χ1n) is 4.87. The minimum absolute atomic E-state index is 0.000910. The van der Waals surface area contributed by atoms with Crippen molar-refractivity contribution in [1.29, 1.82) is 0 Å². The third-order valence-corrected chi connectivity index (χ3v) is 2.20. The van der Waals surface area contributed by atoms with E-state index in [1.165, 1.54) is 25.3 Å². The van der Waals surface area contributed by atoms with Gasteiger partial charge < -0.3 is 19.7 Å². The lowest BCUT2D eigenvalue weighted by atomic mass is 10.2. The van der Waals surface area contributed by atoms with Crippen LogP contribution in [-0.4, -0.2) is 42.6 Å². The van der Waals surface area contributed by atoms with Crippen molar-refractivity contribution in [3.63, 3.8) is 0 Å². The molecular weight excluding hydrogens is 248 g/mol. The lowest BCUT2D eigenvalue weighted by Crippen LogP contribution is -2.23. The highest BCUT2D eigenvalue weighted by Crippen LogP contribution is 2.23. The standard InChI is InChI=1S/C11H13ClO5/c1-16-5-8(13)6-17-10-4-7(12)2-3-9(10)11(14)15/h2-4,8,13H,5-6H2,1H3,(H,14,15). The third kappa shape index (κ3) is 4.22. The lowest BCUT2D eigenvalue weighted by Gasteiger charge is -2.13. The fourth-order valence-corrected chi connectivity index (χ4v) is 1.38. The largest absolute Gasteiger partial charge is 0.490 e. The Kier molecular flexibility index (Phi) is 5.21. The number of hydrogen-bond acceptors (Lipinski definition) is 4. The van der Waals surface area contributed by atoms with E-state index in [2.05, 4.69) is 0 Å². The summed E-state index contributed by atoms with van der Waals surface area (Å²) in [6.07, 6.45) is -0.819. The fraction of sp³-hybridized carbons (Fsp3) is 0.364. The Labute approximate surface area is 104 Å². The number of benzene rings is 1. The maximum Gasteiger partial charge on any atom is 0.339 e. The summed E-state index contributed by atoms with van der Waals surface area (Å²) >= 11 is 5.74. The molecule has 0 aliphatic carbocycles. The smallest absolute Gasteiger partial charge is 0.339 e. The number of carboxylic acid groups (broad SMARTS) is 1. The van der Waals surface area contributed by atoms with Crippen LogP contribution in [0.3, 0.4) is 0 Å². The number of aromatic carboxylic acids is 1. The van der Waals surface area contributed by atoms with Gasteiger partial charge in [0.25, 0.3) is 0 Å². The van der Waals surface area contributed by atoms with E-state index in [1.807, 2.05) is 0 Å². The first-order valence-corrected chi connectivity index (χ1v) is 5.25. The molecule has 0 aliphatic rings. The Morgan fingerprint density at radius 2 is 2.18 bits per heavy atom. The van der Waals surface area contributed by atoms with Crippen molar-refractivity contribution >= 4 is 17.6 Å². The minimum Gasteiger partial charge on any atom is -0.490 e. The molecule has 6 heteroatoms. The second kappa shape index (κ2) is 6.44. The van der Waals surface area contributed by atoms with Crippen molar-refractivity contribution in [3.05, 3.63) is 28.8 Å². The minimum atomic E-state index is -1.11. The van der Waals surface area contributed by atoms with Crippen LogP contribution in [0, 0.1) is 0 Å². The van der Waals surface area contributed by atoms with Gasteiger partial charge in [-0.3, -0.25) is 0 Å². The van der Waals surface area contributed by atoms with Crippen LogP contribution in [0.1, 0.15) is 10.4 Å². The Hall–Kier alpha value is -1.30. The second-order valence-corrected chi connectivity index (χ2v) is 3.80. The van der Waals surface area contributed by atoms with E-state index in [4.69, 9.17) is 26.2 Å². The van der Waals surface area contributed by atoms with Gasteiger partial charge in [0.05, 0.1) is 6.61 Å². The number of methoxy groups -OCH3 is 1. The number of carbonyl (C=O) groups is 1. The summed E-state index contributed by atoms with van der Waals surface area (Å²) in [7, 11) is 1.45. The van der Waals surface area contributed by atoms with Gasteiger partial charge in [0, 0.05) is 12.1 Å². The molecule has 0 amide bonds. The van der Waals surface area contributed by atoms with E-state index in [-0.39, 0.29) is 24.5 Å². The van der Waals surface area contributed by atoms with E-state index in [0.717, 1.165) is 0 Å². The number of rotatable bonds is 6. The van der Waals surface area contributed by atoms with Gasteiger partial charge in [-0.2, -0.15) is 0 Å². The van der Waals surface area contributed by atoms with Crippen molar-refractivity contribution in [2.24, 2.45) is 0 Å². The quantitative estimate of drug-likeness (QED) is 0.809. The molecule has 0 aliphatic heterocycles. The summed E-state index contributed by atoms with van der Waals surface area (Å²) in [6.45, 7) is 0.0530. The summed E-state index contributed by atoms with van der Waals surface area (Å²) in [5.74, 6) is -0.988. The molecule has 2 N–H and O–H groups in total. The monoisotopic (exact) mass is 260 g/mol. The van der Waals surface area contributed by atoms with Crippen LogP contribution in [0.15, 0.2) is 18.2 Å². The van der Waals surface area contributed by atoms with Gasteiger partial charge in [-0.25, -0.2) is 4.79 Å². The summed E-state index contributed by atoms with van der Waals surface area (Å²) < 4.78 is 9.92. The highest BCUT2D eigenvalue weighted by Gasteiger charge is 2.13. The van der Waals surface area contributed by atoms with Gasteiger partial charge in [-0.15, -0.1) is 0 Å². The highest BCUT2D eigenvalue weighted by molar-refractivity contribution is 6.30. The van der Waals surface area contributed by atoms with E-state index in [0.29, 0.717) is 5.02 Å². The topological polar surface area (TPSA) is 76.0 Å². The molecule has 0 saturated carbocycles. The molecule has 1 aromatic carbocycles. The first-order chi connectivity index (χ1) is 8.04. The molecule has 0 bridgehead atoms. The lowest BCUT2D eigenvalue weighted by molar-refractivity contribution is 0.0319. The number of ether oxygens (including phenoxy) is 2. The molecule has 0 radical (unpaired) electrons. The Morgan fingerprint density at radius 3 is 2.76 bits per heavy atom. The fourth-order valence-electron chi connectivity index (χ4n) is 1.22. The van der Waals surface area contributed by atoms with E-state index >= 15 is 0 Å². The average molecular weight is 261 g/mol. The third-order valence-electron chi connectivity index (χ3n) is 1.96. The van der Waals surface area contributed by atoms with Gasteiger partial charge in [-0.05, 0) is 18.2 Å². The summed E-state index contributed by atoms with van der Waals surface area (Å²) in [4.78, 5) is 10.9. The molecule has 1 unspecified atom stereocenters. The van der Waals surface area contributed by atoms with Gasteiger partial charge in [-0.1, -0.05) is 11.6 Å². The predicted molar refractivity (Wildman–Crippen MR) is 61.8 cm³/mol. The summed E-state index contributed by atoms with van der Waals surface area (Å²) in [5, 5.41) is 18.7. The molecule has 0 fully saturated rings. The van der Waals surface area contributed by atoms with Crippen molar-refractivity contribution < 1.29 is 24.5 Å². The number of aliphatic hydroxyl groups excluding tert-OH is 1. The SMILES string of the molecule is COCC(O)COc1cc(Cl)ccc1C(=O)O. The van der Waals surface area contributed by atoms with Crippen LogP contribution >= 0.6 is 11.6 Å².